The second-order valence-electron chi connectivity index (χ2n) is 6.62. The van der Waals surface area contributed by atoms with E-state index in [0.717, 1.165) is 5.39 Å². The van der Waals surface area contributed by atoms with Gasteiger partial charge in [0.25, 0.3) is 5.91 Å². The first-order chi connectivity index (χ1) is 15.6. The van der Waals surface area contributed by atoms with Gasteiger partial charge in [0.1, 0.15) is 5.58 Å². The predicted molar refractivity (Wildman–Crippen MR) is 117 cm³/mol. The minimum absolute atomic E-state index is 0.0599. The van der Waals surface area contributed by atoms with E-state index in [0.29, 0.717) is 48.2 Å². The zero-order valence-corrected chi connectivity index (χ0v) is 18.0. The first-order valence-electron chi connectivity index (χ1n) is 10.3. The molecule has 0 unspecified atom stereocenters. The number of hydrogen-bond donors (Lipinski definition) is 1. The topological polar surface area (TPSA) is 109 Å². The number of aromatic nitrogens is 2. The molecule has 0 aliphatic carbocycles. The highest BCUT2D eigenvalue weighted by Crippen LogP contribution is 2.41. The van der Waals surface area contributed by atoms with Gasteiger partial charge in [0.15, 0.2) is 17.3 Å². The minimum Gasteiger partial charge on any atom is -0.490 e. The molecule has 4 aromatic rings. The lowest BCUT2D eigenvalue weighted by molar-refractivity contribution is 0.0996. The summed E-state index contributed by atoms with van der Waals surface area (Å²) in [6.07, 6.45) is 0. The fourth-order valence-corrected chi connectivity index (χ4v) is 3.16. The number of nitrogens with zero attached hydrogens (tertiary/aromatic N) is 2. The highest BCUT2D eigenvalue weighted by atomic mass is 16.5. The molecule has 1 N–H and O–H groups in total. The van der Waals surface area contributed by atoms with Crippen molar-refractivity contribution in [2.75, 3.05) is 25.1 Å². The van der Waals surface area contributed by atoms with E-state index in [-0.39, 0.29) is 17.7 Å². The molecule has 9 heteroatoms. The van der Waals surface area contributed by atoms with Crippen molar-refractivity contribution < 1.29 is 27.8 Å². The van der Waals surface area contributed by atoms with Crippen LogP contribution in [0.4, 0.5) is 6.01 Å². The van der Waals surface area contributed by atoms with Crippen LogP contribution in [0.15, 0.2) is 51.3 Å². The summed E-state index contributed by atoms with van der Waals surface area (Å²) >= 11 is 0. The summed E-state index contributed by atoms with van der Waals surface area (Å²) in [7, 11) is 0. The number of para-hydroxylation sites is 1. The Labute approximate surface area is 184 Å². The molecule has 0 saturated carbocycles. The van der Waals surface area contributed by atoms with Gasteiger partial charge in [-0.1, -0.05) is 23.3 Å². The molecule has 0 bridgehead atoms. The third-order valence-corrected chi connectivity index (χ3v) is 4.45. The summed E-state index contributed by atoms with van der Waals surface area (Å²) < 4.78 is 28.4. The summed E-state index contributed by atoms with van der Waals surface area (Å²) in [5.41, 5.74) is 1.18. The Kier molecular flexibility index (Phi) is 6.25. The molecule has 0 aliphatic rings. The van der Waals surface area contributed by atoms with Gasteiger partial charge in [0, 0.05) is 10.9 Å². The van der Waals surface area contributed by atoms with Crippen molar-refractivity contribution >= 4 is 22.9 Å². The maximum absolute atomic E-state index is 12.5. The van der Waals surface area contributed by atoms with Crippen LogP contribution in [-0.4, -0.2) is 35.9 Å². The van der Waals surface area contributed by atoms with Crippen LogP contribution in [-0.2, 0) is 0 Å². The molecule has 0 saturated heterocycles. The number of anilines is 1. The summed E-state index contributed by atoms with van der Waals surface area (Å²) in [6, 6.07) is 12.4. The molecule has 2 heterocycles. The number of benzene rings is 2. The summed E-state index contributed by atoms with van der Waals surface area (Å²) in [6.45, 7) is 6.98. The van der Waals surface area contributed by atoms with Gasteiger partial charge in [-0.05, 0) is 45.0 Å². The number of fused-ring (bicyclic) bond motifs is 1. The van der Waals surface area contributed by atoms with Gasteiger partial charge in [-0.25, -0.2) is 0 Å². The number of nitrogens with one attached hydrogen (secondary N) is 1. The van der Waals surface area contributed by atoms with E-state index in [2.05, 4.69) is 15.5 Å². The maximum atomic E-state index is 12.5. The summed E-state index contributed by atoms with van der Waals surface area (Å²) in [5, 5.41) is 11.3. The Balaban J connectivity index is 1.60. The average Bonchev–Trinajstić information content (AvgIpc) is 3.43. The van der Waals surface area contributed by atoms with E-state index in [1.807, 2.05) is 39.0 Å². The van der Waals surface area contributed by atoms with E-state index in [1.165, 1.54) is 0 Å². The standard InChI is InChI=1S/C23H23N3O6/c1-4-28-17-12-15(13-18(29-5-2)20(17)30-6-3)22-25-26-23(32-22)24-21(27)19-11-14-9-7-8-10-16(14)31-19/h7-13H,4-6H2,1-3H3,(H,24,26,27). The lowest BCUT2D eigenvalue weighted by atomic mass is 10.2. The van der Waals surface area contributed by atoms with Crippen molar-refractivity contribution in [3.63, 3.8) is 0 Å². The Hall–Kier alpha value is -4.01. The van der Waals surface area contributed by atoms with Crippen LogP contribution in [0, 0.1) is 0 Å². The van der Waals surface area contributed by atoms with E-state index >= 15 is 0 Å². The Morgan fingerprint density at radius 3 is 2.25 bits per heavy atom. The normalized spacial score (nSPS) is 10.8. The molecular formula is C23H23N3O6. The fraction of sp³-hybridized carbons (Fsp3) is 0.261. The average molecular weight is 437 g/mol. The van der Waals surface area contributed by atoms with E-state index in [9.17, 15) is 4.79 Å². The molecule has 0 aliphatic heterocycles. The number of rotatable bonds is 9. The predicted octanol–water partition coefficient (Wildman–Crippen LogP) is 4.93. The second-order valence-corrected chi connectivity index (χ2v) is 6.62. The van der Waals surface area contributed by atoms with E-state index in [4.69, 9.17) is 23.0 Å². The van der Waals surface area contributed by atoms with Gasteiger partial charge >= 0.3 is 6.01 Å². The Morgan fingerprint density at radius 2 is 1.59 bits per heavy atom. The highest BCUT2D eigenvalue weighted by molar-refractivity contribution is 6.03. The Bertz CT molecular complexity index is 1170. The first-order valence-corrected chi connectivity index (χ1v) is 10.3. The Morgan fingerprint density at radius 1 is 0.906 bits per heavy atom. The van der Waals surface area contributed by atoms with Crippen molar-refractivity contribution in [1.82, 2.24) is 10.2 Å². The SMILES string of the molecule is CCOc1cc(-c2nnc(NC(=O)c3cc4ccccc4o3)o2)cc(OCC)c1OCC. The molecule has 0 radical (unpaired) electrons. The minimum atomic E-state index is -0.492. The van der Waals surface area contributed by atoms with Crippen LogP contribution in [0.1, 0.15) is 31.3 Å². The van der Waals surface area contributed by atoms with Gasteiger partial charge in [0.2, 0.25) is 11.6 Å². The monoisotopic (exact) mass is 437 g/mol. The molecule has 0 spiro atoms. The largest absolute Gasteiger partial charge is 0.490 e. The molecule has 4 rings (SSSR count). The van der Waals surface area contributed by atoms with E-state index in [1.54, 1.807) is 24.3 Å². The molecule has 166 valence electrons. The quantitative estimate of drug-likeness (QED) is 0.393. The van der Waals surface area contributed by atoms with Crippen LogP contribution in [0.2, 0.25) is 0 Å². The lowest BCUT2D eigenvalue weighted by Gasteiger charge is -2.16. The van der Waals surface area contributed by atoms with Gasteiger partial charge < -0.3 is 23.0 Å². The molecule has 2 aromatic heterocycles. The highest BCUT2D eigenvalue weighted by Gasteiger charge is 2.20. The van der Waals surface area contributed by atoms with Crippen molar-refractivity contribution in [1.29, 1.82) is 0 Å². The second kappa shape index (κ2) is 9.42. The van der Waals surface area contributed by atoms with Gasteiger partial charge in [-0.15, -0.1) is 5.10 Å². The summed E-state index contributed by atoms with van der Waals surface area (Å²) in [5.74, 6) is 1.35. The maximum Gasteiger partial charge on any atom is 0.322 e. The van der Waals surface area contributed by atoms with Crippen LogP contribution in [0.3, 0.4) is 0 Å². The lowest BCUT2D eigenvalue weighted by Crippen LogP contribution is -2.10. The number of amides is 1. The van der Waals surface area contributed by atoms with Gasteiger partial charge in [-0.2, -0.15) is 0 Å². The molecule has 0 fully saturated rings. The van der Waals surface area contributed by atoms with Crippen molar-refractivity contribution in [3.05, 3.63) is 48.2 Å². The van der Waals surface area contributed by atoms with Crippen LogP contribution in [0.5, 0.6) is 17.2 Å². The van der Waals surface area contributed by atoms with Crippen LogP contribution in [0.25, 0.3) is 22.4 Å². The molecule has 2 aromatic carbocycles. The molecule has 1 amide bonds. The number of ether oxygens (including phenoxy) is 3. The first kappa shape index (κ1) is 21.2. The fourth-order valence-electron chi connectivity index (χ4n) is 3.16. The van der Waals surface area contributed by atoms with Crippen LogP contribution >= 0.6 is 0 Å². The summed E-state index contributed by atoms with van der Waals surface area (Å²) in [4.78, 5) is 12.5. The van der Waals surface area contributed by atoms with Crippen molar-refractivity contribution in [2.45, 2.75) is 20.8 Å². The molecular weight excluding hydrogens is 414 g/mol. The molecule has 32 heavy (non-hydrogen) atoms. The molecule has 9 nitrogen and oxygen atoms in total. The zero-order valence-electron chi connectivity index (χ0n) is 18.0. The van der Waals surface area contributed by atoms with Crippen molar-refractivity contribution in [3.8, 4) is 28.7 Å². The number of furan rings is 1. The zero-order chi connectivity index (χ0) is 22.5. The van der Waals surface area contributed by atoms with Gasteiger partial charge in [0.05, 0.1) is 19.8 Å². The van der Waals surface area contributed by atoms with Crippen LogP contribution < -0.4 is 19.5 Å². The third-order valence-electron chi connectivity index (χ3n) is 4.45. The van der Waals surface area contributed by atoms with Gasteiger partial charge in [-0.3, -0.25) is 10.1 Å². The van der Waals surface area contributed by atoms with Crippen molar-refractivity contribution in [2.24, 2.45) is 0 Å². The number of hydrogen-bond acceptors (Lipinski definition) is 8. The third kappa shape index (κ3) is 4.36. The number of carbonyl (C=O) groups is 1. The van der Waals surface area contributed by atoms with E-state index < -0.39 is 5.91 Å². The molecule has 0 atom stereocenters. The number of carbonyl (C=O) groups excluding carboxylic acids is 1. The smallest absolute Gasteiger partial charge is 0.322 e.